The molecule has 0 atom stereocenters. The lowest BCUT2D eigenvalue weighted by atomic mass is 10.1. The molecule has 0 unspecified atom stereocenters. The molecular weight excluding hydrogens is 289 g/mol. The second kappa shape index (κ2) is 5.07. The fourth-order valence-corrected chi connectivity index (χ4v) is 2.24. The molecule has 110 valence electrons. The Morgan fingerprint density at radius 2 is 1.64 bits per heavy atom. The summed E-state index contributed by atoms with van der Waals surface area (Å²) in [6.07, 6.45) is 0. The molecule has 1 aliphatic heterocycles. The third kappa shape index (κ3) is 2.24. The van der Waals surface area contributed by atoms with Crippen LogP contribution >= 0.6 is 0 Å². The average Bonchev–Trinajstić information content (AvgIpc) is 2.72. The number of amides is 2. The highest BCUT2D eigenvalue weighted by molar-refractivity contribution is 6.21. The van der Waals surface area contributed by atoms with Crippen LogP contribution in [0.1, 0.15) is 36.6 Å². The first-order valence-electron chi connectivity index (χ1n) is 6.44. The van der Waals surface area contributed by atoms with Crippen molar-refractivity contribution in [2.75, 3.05) is 0 Å². The number of imide groups is 1. The molecule has 2 aromatic carbocycles. The molecule has 0 spiro atoms. The van der Waals surface area contributed by atoms with Gasteiger partial charge in [-0.3, -0.25) is 9.59 Å². The molecule has 1 aliphatic rings. The summed E-state index contributed by atoms with van der Waals surface area (Å²) >= 11 is 0. The van der Waals surface area contributed by atoms with E-state index in [2.05, 4.69) is 0 Å². The van der Waals surface area contributed by atoms with Crippen molar-refractivity contribution in [1.29, 1.82) is 0 Å². The van der Waals surface area contributed by atoms with E-state index in [1.54, 1.807) is 19.1 Å². The van der Waals surface area contributed by atoms with E-state index >= 15 is 0 Å². The summed E-state index contributed by atoms with van der Waals surface area (Å²) in [6, 6.07) is 9.78. The number of halogens is 1. The topological polar surface area (TPSA) is 63.7 Å². The van der Waals surface area contributed by atoms with Gasteiger partial charge in [0.1, 0.15) is 5.82 Å². The molecule has 22 heavy (non-hydrogen) atoms. The van der Waals surface area contributed by atoms with Crippen LogP contribution in [0.25, 0.3) is 0 Å². The van der Waals surface area contributed by atoms with Crippen LogP contribution in [0, 0.1) is 12.7 Å². The number of fused-ring (bicyclic) bond motifs is 1. The Labute approximate surface area is 124 Å². The largest absolute Gasteiger partial charge is 0.364 e. The van der Waals surface area contributed by atoms with Gasteiger partial charge >= 0.3 is 5.97 Å². The maximum Gasteiger partial charge on any atom is 0.364 e. The number of rotatable bonds is 2. The summed E-state index contributed by atoms with van der Waals surface area (Å²) in [5, 5.41) is 0.396. The second-order valence-corrected chi connectivity index (χ2v) is 4.85. The van der Waals surface area contributed by atoms with Crippen LogP contribution in [-0.4, -0.2) is 22.8 Å². The van der Waals surface area contributed by atoms with Crippen LogP contribution in [-0.2, 0) is 4.84 Å². The number of hydrogen-bond donors (Lipinski definition) is 0. The minimum absolute atomic E-state index is 0.0749. The van der Waals surface area contributed by atoms with Crippen molar-refractivity contribution >= 4 is 17.8 Å². The molecule has 0 radical (unpaired) electrons. The number of carbonyl (C=O) groups is 3. The number of nitrogens with zero attached hydrogens (tertiary/aromatic N) is 1. The van der Waals surface area contributed by atoms with Gasteiger partial charge in [-0.25, -0.2) is 9.18 Å². The SMILES string of the molecule is Cc1cc(F)cc(C(=O)ON2C(=O)c3ccccc3C2=O)c1. The lowest BCUT2D eigenvalue weighted by Gasteiger charge is -2.12. The first-order valence-corrected chi connectivity index (χ1v) is 6.44. The fourth-order valence-electron chi connectivity index (χ4n) is 2.24. The third-order valence-corrected chi connectivity index (χ3v) is 3.21. The predicted octanol–water partition coefficient (Wildman–Crippen LogP) is 2.50. The number of benzene rings is 2. The fraction of sp³-hybridized carbons (Fsp3) is 0.0625. The molecule has 0 saturated carbocycles. The minimum Gasteiger partial charge on any atom is -0.324 e. The molecule has 2 amide bonds. The first kappa shape index (κ1) is 13.9. The number of aryl methyl sites for hydroxylation is 1. The molecule has 2 aromatic rings. The zero-order valence-corrected chi connectivity index (χ0v) is 11.5. The van der Waals surface area contributed by atoms with E-state index < -0.39 is 23.6 Å². The number of hydrogen-bond acceptors (Lipinski definition) is 4. The van der Waals surface area contributed by atoms with E-state index in [-0.39, 0.29) is 16.7 Å². The molecule has 0 N–H and O–H groups in total. The van der Waals surface area contributed by atoms with Crippen LogP contribution < -0.4 is 0 Å². The highest BCUT2D eigenvalue weighted by Crippen LogP contribution is 2.23. The van der Waals surface area contributed by atoms with Crippen molar-refractivity contribution in [3.05, 3.63) is 70.5 Å². The molecule has 6 heteroatoms. The highest BCUT2D eigenvalue weighted by atomic mass is 19.1. The van der Waals surface area contributed by atoms with Crippen molar-refractivity contribution in [2.45, 2.75) is 6.92 Å². The van der Waals surface area contributed by atoms with E-state index in [1.165, 1.54) is 24.3 Å². The molecule has 1 heterocycles. The van der Waals surface area contributed by atoms with Crippen LogP contribution in [0.5, 0.6) is 0 Å². The van der Waals surface area contributed by atoms with Gasteiger partial charge in [0.2, 0.25) is 0 Å². The van der Waals surface area contributed by atoms with Gasteiger partial charge in [0.15, 0.2) is 0 Å². The Balaban J connectivity index is 1.87. The quantitative estimate of drug-likeness (QED) is 0.799. The smallest absolute Gasteiger partial charge is 0.324 e. The molecule has 0 fully saturated rings. The summed E-state index contributed by atoms with van der Waals surface area (Å²) in [7, 11) is 0. The Morgan fingerprint density at radius 3 is 2.18 bits per heavy atom. The van der Waals surface area contributed by atoms with E-state index in [9.17, 15) is 18.8 Å². The van der Waals surface area contributed by atoms with Crippen molar-refractivity contribution < 1.29 is 23.6 Å². The van der Waals surface area contributed by atoms with Gasteiger partial charge in [-0.15, -0.1) is 0 Å². The summed E-state index contributed by atoms with van der Waals surface area (Å²) < 4.78 is 13.3. The van der Waals surface area contributed by atoms with Gasteiger partial charge in [0.05, 0.1) is 16.7 Å². The Hall–Kier alpha value is -3.02. The van der Waals surface area contributed by atoms with E-state index in [1.807, 2.05) is 0 Å². The van der Waals surface area contributed by atoms with Gasteiger partial charge in [0.25, 0.3) is 11.8 Å². The molecule has 0 aliphatic carbocycles. The Bertz CT molecular complexity index is 760. The molecular formula is C16H10FNO4. The number of carbonyl (C=O) groups excluding carboxylic acids is 3. The maximum absolute atomic E-state index is 13.3. The van der Waals surface area contributed by atoms with Gasteiger partial charge in [-0.1, -0.05) is 17.2 Å². The van der Waals surface area contributed by atoms with E-state index in [0.717, 1.165) is 6.07 Å². The monoisotopic (exact) mass is 299 g/mol. The Kier molecular flexibility index (Phi) is 3.21. The van der Waals surface area contributed by atoms with E-state index in [4.69, 9.17) is 4.84 Å². The van der Waals surface area contributed by atoms with Gasteiger partial charge in [-0.05, 0) is 42.8 Å². The zero-order chi connectivity index (χ0) is 15.9. The van der Waals surface area contributed by atoms with Crippen molar-refractivity contribution in [1.82, 2.24) is 5.06 Å². The zero-order valence-electron chi connectivity index (χ0n) is 11.5. The highest BCUT2D eigenvalue weighted by Gasteiger charge is 2.38. The van der Waals surface area contributed by atoms with Crippen molar-refractivity contribution in [2.24, 2.45) is 0 Å². The van der Waals surface area contributed by atoms with Gasteiger partial charge in [0, 0.05) is 0 Å². The van der Waals surface area contributed by atoms with Crippen molar-refractivity contribution in [3.63, 3.8) is 0 Å². The van der Waals surface area contributed by atoms with Gasteiger partial charge < -0.3 is 4.84 Å². The molecule has 5 nitrogen and oxygen atoms in total. The third-order valence-electron chi connectivity index (χ3n) is 3.21. The van der Waals surface area contributed by atoms with Crippen molar-refractivity contribution in [3.8, 4) is 0 Å². The lowest BCUT2D eigenvalue weighted by molar-refractivity contribution is -0.0584. The first-order chi connectivity index (χ1) is 10.5. The van der Waals surface area contributed by atoms with Crippen LogP contribution in [0.4, 0.5) is 4.39 Å². The Morgan fingerprint density at radius 1 is 1.05 bits per heavy atom. The standard InChI is InChI=1S/C16H10FNO4/c1-9-6-10(8-11(17)7-9)16(21)22-18-14(19)12-4-2-3-5-13(12)15(18)20/h2-8H,1H3. The molecule has 3 rings (SSSR count). The predicted molar refractivity (Wildman–Crippen MR) is 73.5 cm³/mol. The van der Waals surface area contributed by atoms with E-state index in [0.29, 0.717) is 10.6 Å². The normalized spacial score (nSPS) is 13.3. The maximum atomic E-state index is 13.3. The summed E-state index contributed by atoms with van der Waals surface area (Å²) in [4.78, 5) is 41.0. The lowest BCUT2D eigenvalue weighted by Crippen LogP contribution is -2.32. The number of hydroxylamine groups is 2. The van der Waals surface area contributed by atoms with Crippen LogP contribution in [0.3, 0.4) is 0 Å². The molecule has 0 aromatic heterocycles. The summed E-state index contributed by atoms with van der Waals surface area (Å²) in [5.74, 6) is -3.02. The van der Waals surface area contributed by atoms with Gasteiger partial charge in [-0.2, -0.15) is 0 Å². The second-order valence-electron chi connectivity index (χ2n) is 4.85. The van der Waals surface area contributed by atoms with Crippen LogP contribution in [0.15, 0.2) is 42.5 Å². The summed E-state index contributed by atoms with van der Waals surface area (Å²) in [5.41, 5.74) is 0.773. The average molecular weight is 299 g/mol. The molecule has 0 saturated heterocycles. The van der Waals surface area contributed by atoms with Crippen LogP contribution in [0.2, 0.25) is 0 Å². The minimum atomic E-state index is -0.975. The molecule has 0 bridgehead atoms. The summed E-state index contributed by atoms with van der Waals surface area (Å²) in [6.45, 7) is 1.61.